The Morgan fingerprint density at radius 2 is 1.89 bits per heavy atom. The Morgan fingerprint density at radius 3 is 2.39 bits per heavy atom. The zero-order valence-electron chi connectivity index (χ0n) is 11.9. The third kappa shape index (κ3) is 5.57. The van der Waals surface area contributed by atoms with Gasteiger partial charge in [-0.1, -0.05) is 40.0 Å². The molecule has 18 heavy (non-hydrogen) atoms. The fraction of sp³-hybridized carbons (Fsp3) is 0.929. The molecule has 1 aliphatic rings. The molecule has 1 rings (SSSR count). The molecule has 0 heterocycles. The number of nitrogens with two attached hydrogens (primary N) is 1. The van der Waals surface area contributed by atoms with Crippen molar-refractivity contribution >= 4 is 18.3 Å². The topological polar surface area (TPSA) is 55.1 Å². The van der Waals surface area contributed by atoms with Crippen LogP contribution in [-0.2, 0) is 4.79 Å². The minimum absolute atomic E-state index is 0. The number of hydrogen-bond donors (Lipinski definition) is 2. The standard InChI is InChI=1S/C14H28N2O.ClH/c1-4-11(3)13(15)14(17)16-9-12-7-5-10(2)6-8-12;/h10-13H,4-9,15H2,1-3H3,(H,16,17);1H. The average Bonchev–Trinajstić information content (AvgIpc) is 2.35. The van der Waals surface area contributed by atoms with E-state index in [0.29, 0.717) is 5.92 Å². The van der Waals surface area contributed by atoms with Gasteiger partial charge < -0.3 is 11.1 Å². The lowest BCUT2D eigenvalue weighted by atomic mass is 9.83. The highest BCUT2D eigenvalue weighted by Crippen LogP contribution is 2.27. The lowest BCUT2D eigenvalue weighted by Gasteiger charge is -2.27. The van der Waals surface area contributed by atoms with Gasteiger partial charge in [0.25, 0.3) is 0 Å². The van der Waals surface area contributed by atoms with Gasteiger partial charge in [0.2, 0.25) is 5.91 Å². The highest BCUT2D eigenvalue weighted by atomic mass is 35.5. The van der Waals surface area contributed by atoms with E-state index in [0.717, 1.165) is 18.9 Å². The summed E-state index contributed by atoms with van der Waals surface area (Å²) < 4.78 is 0. The monoisotopic (exact) mass is 276 g/mol. The molecule has 3 nitrogen and oxygen atoms in total. The van der Waals surface area contributed by atoms with Gasteiger partial charge in [-0.2, -0.15) is 0 Å². The number of hydrogen-bond acceptors (Lipinski definition) is 2. The second-order valence-electron chi connectivity index (χ2n) is 5.78. The maximum Gasteiger partial charge on any atom is 0.237 e. The van der Waals surface area contributed by atoms with Crippen LogP contribution in [0.4, 0.5) is 0 Å². The molecular formula is C14H29ClN2O. The lowest BCUT2D eigenvalue weighted by molar-refractivity contribution is -0.123. The van der Waals surface area contributed by atoms with E-state index in [4.69, 9.17) is 5.73 Å². The summed E-state index contributed by atoms with van der Waals surface area (Å²) in [5.74, 6) is 1.82. The Balaban J connectivity index is 0.00000289. The zero-order valence-corrected chi connectivity index (χ0v) is 12.8. The molecule has 0 aliphatic heterocycles. The predicted molar refractivity (Wildman–Crippen MR) is 78.8 cm³/mol. The van der Waals surface area contributed by atoms with Gasteiger partial charge in [0.15, 0.2) is 0 Å². The molecule has 3 N–H and O–H groups in total. The number of carbonyl (C=O) groups excluding carboxylic acids is 1. The molecule has 0 aromatic carbocycles. The SMILES string of the molecule is CCC(C)C(N)C(=O)NCC1CCC(C)CC1.Cl. The van der Waals surface area contributed by atoms with Crippen molar-refractivity contribution in [3.05, 3.63) is 0 Å². The Hall–Kier alpha value is -0.280. The van der Waals surface area contributed by atoms with Gasteiger partial charge in [-0.05, 0) is 30.6 Å². The maximum atomic E-state index is 11.8. The average molecular weight is 277 g/mol. The third-order valence-corrected chi connectivity index (χ3v) is 4.26. The van der Waals surface area contributed by atoms with Gasteiger partial charge in [0.05, 0.1) is 6.04 Å². The van der Waals surface area contributed by atoms with Crippen LogP contribution < -0.4 is 11.1 Å². The molecule has 1 aliphatic carbocycles. The molecule has 2 unspecified atom stereocenters. The summed E-state index contributed by atoms with van der Waals surface area (Å²) in [7, 11) is 0. The van der Waals surface area contributed by atoms with E-state index < -0.39 is 0 Å². The molecule has 108 valence electrons. The smallest absolute Gasteiger partial charge is 0.237 e. The minimum Gasteiger partial charge on any atom is -0.354 e. The van der Waals surface area contributed by atoms with Crippen LogP contribution in [0.15, 0.2) is 0 Å². The quantitative estimate of drug-likeness (QED) is 0.811. The summed E-state index contributed by atoms with van der Waals surface area (Å²) >= 11 is 0. The van der Waals surface area contributed by atoms with E-state index in [1.165, 1.54) is 25.7 Å². The number of nitrogens with one attached hydrogen (secondary N) is 1. The van der Waals surface area contributed by atoms with Gasteiger partial charge >= 0.3 is 0 Å². The predicted octanol–water partition coefficient (Wildman–Crippen LogP) is 2.72. The van der Waals surface area contributed by atoms with Crippen LogP contribution >= 0.6 is 12.4 Å². The molecule has 0 saturated heterocycles. The highest BCUT2D eigenvalue weighted by molar-refractivity contribution is 5.85. The van der Waals surface area contributed by atoms with Crippen molar-refractivity contribution in [2.45, 2.75) is 58.9 Å². The highest BCUT2D eigenvalue weighted by Gasteiger charge is 2.22. The van der Waals surface area contributed by atoms with Crippen LogP contribution in [-0.4, -0.2) is 18.5 Å². The van der Waals surface area contributed by atoms with E-state index >= 15 is 0 Å². The van der Waals surface area contributed by atoms with E-state index in [1.807, 2.05) is 6.92 Å². The van der Waals surface area contributed by atoms with Crippen molar-refractivity contribution < 1.29 is 4.79 Å². The van der Waals surface area contributed by atoms with Crippen LogP contribution in [0.5, 0.6) is 0 Å². The lowest BCUT2D eigenvalue weighted by Crippen LogP contribution is -2.46. The summed E-state index contributed by atoms with van der Waals surface area (Å²) in [6, 6.07) is -0.345. The first-order chi connectivity index (χ1) is 8.04. The molecule has 0 radical (unpaired) electrons. The Morgan fingerprint density at radius 1 is 1.33 bits per heavy atom. The Labute approximate surface area is 118 Å². The van der Waals surface area contributed by atoms with Crippen LogP contribution in [0.2, 0.25) is 0 Å². The molecule has 0 aromatic rings. The van der Waals surface area contributed by atoms with E-state index in [9.17, 15) is 4.79 Å². The minimum atomic E-state index is -0.345. The molecular weight excluding hydrogens is 248 g/mol. The first-order valence-electron chi connectivity index (χ1n) is 7.07. The van der Waals surface area contributed by atoms with Crippen molar-refractivity contribution in [1.29, 1.82) is 0 Å². The third-order valence-electron chi connectivity index (χ3n) is 4.26. The van der Waals surface area contributed by atoms with E-state index in [1.54, 1.807) is 0 Å². The Kier molecular flexibility index (Phi) is 8.62. The fourth-order valence-corrected chi connectivity index (χ4v) is 2.41. The Bertz CT molecular complexity index is 240. The van der Waals surface area contributed by atoms with Crippen molar-refractivity contribution in [3.8, 4) is 0 Å². The number of halogens is 1. The van der Waals surface area contributed by atoms with E-state index in [2.05, 4.69) is 19.2 Å². The molecule has 0 aromatic heterocycles. The number of rotatable bonds is 5. The van der Waals surface area contributed by atoms with Crippen molar-refractivity contribution in [3.63, 3.8) is 0 Å². The van der Waals surface area contributed by atoms with Gasteiger partial charge in [-0.25, -0.2) is 0 Å². The largest absolute Gasteiger partial charge is 0.354 e. The zero-order chi connectivity index (χ0) is 12.8. The molecule has 0 bridgehead atoms. The normalized spacial score (nSPS) is 26.9. The second kappa shape index (κ2) is 8.76. The number of carbonyl (C=O) groups is 1. The van der Waals surface area contributed by atoms with Crippen molar-refractivity contribution in [2.75, 3.05) is 6.54 Å². The first kappa shape index (κ1) is 17.7. The van der Waals surface area contributed by atoms with Gasteiger partial charge in [0, 0.05) is 6.54 Å². The summed E-state index contributed by atoms with van der Waals surface area (Å²) in [4.78, 5) is 11.8. The summed E-state index contributed by atoms with van der Waals surface area (Å²) in [5, 5.41) is 3.02. The summed E-state index contributed by atoms with van der Waals surface area (Å²) in [5.41, 5.74) is 5.90. The first-order valence-corrected chi connectivity index (χ1v) is 7.07. The molecule has 0 spiro atoms. The van der Waals surface area contributed by atoms with Crippen LogP contribution in [0, 0.1) is 17.8 Å². The molecule has 1 amide bonds. The summed E-state index contributed by atoms with van der Waals surface area (Å²) in [6.07, 6.45) is 6.06. The maximum absolute atomic E-state index is 11.8. The van der Waals surface area contributed by atoms with E-state index in [-0.39, 0.29) is 30.3 Å². The fourth-order valence-electron chi connectivity index (χ4n) is 2.41. The van der Waals surface area contributed by atoms with Gasteiger partial charge in [-0.15, -0.1) is 12.4 Å². The van der Waals surface area contributed by atoms with Crippen LogP contribution in [0.3, 0.4) is 0 Å². The summed E-state index contributed by atoms with van der Waals surface area (Å²) in [6.45, 7) is 7.23. The second-order valence-corrected chi connectivity index (χ2v) is 5.78. The molecule has 1 saturated carbocycles. The van der Waals surface area contributed by atoms with Crippen molar-refractivity contribution in [2.24, 2.45) is 23.5 Å². The van der Waals surface area contributed by atoms with Crippen LogP contribution in [0.1, 0.15) is 52.9 Å². The number of amides is 1. The molecule has 2 atom stereocenters. The molecule has 4 heteroatoms. The van der Waals surface area contributed by atoms with Gasteiger partial charge in [-0.3, -0.25) is 4.79 Å². The van der Waals surface area contributed by atoms with Crippen LogP contribution in [0.25, 0.3) is 0 Å². The van der Waals surface area contributed by atoms with Crippen molar-refractivity contribution in [1.82, 2.24) is 5.32 Å². The van der Waals surface area contributed by atoms with Gasteiger partial charge in [0.1, 0.15) is 0 Å². The molecule has 1 fully saturated rings.